The third-order valence-electron chi connectivity index (χ3n) is 5.48. The summed E-state index contributed by atoms with van der Waals surface area (Å²) in [7, 11) is 0. The van der Waals surface area contributed by atoms with E-state index in [1.807, 2.05) is 79.7 Å². The van der Waals surface area contributed by atoms with Gasteiger partial charge in [0, 0.05) is 36.1 Å². The number of aryl methyl sites for hydroxylation is 1. The van der Waals surface area contributed by atoms with Gasteiger partial charge in [-0.05, 0) is 37.1 Å². The minimum Gasteiger partial charge on any atom is -0.352 e. The summed E-state index contributed by atoms with van der Waals surface area (Å²) in [6.45, 7) is 5.78. The van der Waals surface area contributed by atoms with Gasteiger partial charge in [0.15, 0.2) is 0 Å². The lowest BCUT2D eigenvalue weighted by molar-refractivity contribution is 0.262. The second-order valence-corrected chi connectivity index (χ2v) is 8.32. The molecule has 1 heterocycles. The number of anilines is 3. The Morgan fingerprint density at radius 2 is 1.47 bits per heavy atom. The molecule has 2 N–H and O–H groups in total. The second-order valence-electron chi connectivity index (χ2n) is 8.32. The SMILES string of the molecule is CCCN(Cc1ccccc1)c1cc(NC(=O)Nc2ccc(C)cc2)cc(-c2ccccc2)n1. The molecule has 0 aliphatic rings. The number of benzene rings is 3. The van der Waals surface area contributed by atoms with Gasteiger partial charge in [0.05, 0.1) is 5.69 Å². The van der Waals surface area contributed by atoms with Crippen LogP contribution in [0.1, 0.15) is 24.5 Å². The van der Waals surface area contributed by atoms with Crippen LogP contribution >= 0.6 is 0 Å². The first-order valence-corrected chi connectivity index (χ1v) is 11.6. The minimum absolute atomic E-state index is 0.287. The van der Waals surface area contributed by atoms with Crippen molar-refractivity contribution in [3.05, 3.63) is 108 Å². The second kappa shape index (κ2) is 11.1. The Labute approximate surface area is 201 Å². The highest BCUT2D eigenvalue weighted by Crippen LogP contribution is 2.27. The number of amides is 2. The van der Waals surface area contributed by atoms with E-state index in [0.717, 1.165) is 47.8 Å². The normalized spacial score (nSPS) is 10.5. The lowest BCUT2D eigenvalue weighted by Gasteiger charge is -2.25. The van der Waals surface area contributed by atoms with E-state index in [9.17, 15) is 4.79 Å². The van der Waals surface area contributed by atoms with Crippen molar-refractivity contribution in [2.75, 3.05) is 22.1 Å². The molecule has 5 heteroatoms. The number of urea groups is 1. The summed E-state index contributed by atoms with van der Waals surface area (Å²) < 4.78 is 0. The molecular weight excluding hydrogens is 420 g/mol. The Hall–Kier alpha value is -4.12. The summed E-state index contributed by atoms with van der Waals surface area (Å²) in [5, 5.41) is 5.91. The maximum absolute atomic E-state index is 12.8. The Morgan fingerprint density at radius 1 is 0.824 bits per heavy atom. The van der Waals surface area contributed by atoms with Crippen LogP contribution in [0.25, 0.3) is 11.3 Å². The van der Waals surface area contributed by atoms with Gasteiger partial charge in [0.1, 0.15) is 5.82 Å². The van der Waals surface area contributed by atoms with Crippen LogP contribution < -0.4 is 15.5 Å². The first-order valence-electron chi connectivity index (χ1n) is 11.6. The average Bonchev–Trinajstić information content (AvgIpc) is 2.86. The highest BCUT2D eigenvalue weighted by molar-refractivity contribution is 6.00. The summed E-state index contributed by atoms with van der Waals surface area (Å²) in [6.07, 6.45) is 0.987. The molecule has 0 saturated carbocycles. The van der Waals surface area contributed by atoms with Gasteiger partial charge in [-0.3, -0.25) is 0 Å². The summed E-state index contributed by atoms with van der Waals surface area (Å²) in [6, 6.07) is 31.7. The quantitative estimate of drug-likeness (QED) is 0.300. The number of nitrogens with zero attached hydrogens (tertiary/aromatic N) is 2. The molecule has 0 spiro atoms. The molecule has 0 unspecified atom stereocenters. The number of rotatable bonds is 8. The van der Waals surface area contributed by atoms with Crippen LogP contribution in [0.4, 0.5) is 22.0 Å². The van der Waals surface area contributed by atoms with Crippen molar-refractivity contribution < 1.29 is 4.79 Å². The lowest BCUT2D eigenvalue weighted by atomic mass is 10.1. The molecular formula is C29H30N4O. The van der Waals surface area contributed by atoms with Crippen molar-refractivity contribution in [1.82, 2.24) is 4.98 Å². The van der Waals surface area contributed by atoms with E-state index in [1.165, 1.54) is 5.56 Å². The van der Waals surface area contributed by atoms with Gasteiger partial charge in [-0.1, -0.05) is 85.3 Å². The van der Waals surface area contributed by atoms with E-state index >= 15 is 0 Å². The predicted octanol–water partition coefficient (Wildman–Crippen LogP) is 7.12. The predicted molar refractivity (Wildman–Crippen MR) is 141 cm³/mol. The standard InChI is InChI=1S/C29H30N4O/c1-3-18-33(21-23-10-6-4-7-11-23)28-20-26(19-27(32-28)24-12-8-5-9-13-24)31-29(34)30-25-16-14-22(2)15-17-25/h4-17,19-20H,3,18,21H2,1-2H3,(H2,30,31,32,34). The van der Waals surface area contributed by atoms with Gasteiger partial charge in [0.2, 0.25) is 0 Å². The minimum atomic E-state index is -0.287. The average molecular weight is 451 g/mol. The van der Waals surface area contributed by atoms with Gasteiger partial charge in [-0.2, -0.15) is 0 Å². The van der Waals surface area contributed by atoms with E-state index < -0.39 is 0 Å². The van der Waals surface area contributed by atoms with Crippen molar-refractivity contribution in [3.8, 4) is 11.3 Å². The van der Waals surface area contributed by atoms with Crippen molar-refractivity contribution in [2.45, 2.75) is 26.8 Å². The Morgan fingerprint density at radius 3 is 2.15 bits per heavy atom. The molecule has 0 atom stereocenters. The molecule has 0 saturated heterocycles. The van der Waals surface area contributed by atoms with E-state index in [-0.39, 0.29) is 6.03 Å². The van der Waals surface area contributed by atoms with E-state index in [2.05, 4.69) is 46.7 Å². The van der Waals surface area contributed by atoms with Crippen LogP contribution in [0.2, 0.25) is 0 Å². The fraction of sp³-hybridized carbons (Fsp3) is 0.172. The maximum Gasteiger partial charge on any atom is 0.323 e. The van der Waals surface area contributed by atoms with Crippen LogP contribution in [0.15, 0.2) is 97.1 Å². The highest BCUT2D eigenvalue weighted by atomic mass is 16.2. The third-order valence-corrected chi connectivity index (χ3v) is 5.48. The van der Waals surface area contributed by atoms with Crippen LogP contribution in [-0.4, -0.2) is 17.6 Å². The molecule has 172 valence electrons. The fourth-order valence-electron chi connectivity index (χ4n) is 3.79. The molecule has 4 rings (SSSR count). The molecule has 34 heavy (non-hydrogen) atoms. The van der Waals surface area contributed by atoms with Gasteiger partial charge in [-0.15, -0.1) is 0 Å². The fourth-order valence-corrected chi connectivity index (χ4v) is 3.79. The lowest BCUT2D eigenvalue weighted by Crippen LogP contribution is -2.25. The van der Waals surface area contributed by atoms with E-state index in [0.29, 0.717) is 5.69 Å². The molecule has 2 amide bonds. The zero-order valence-electron chi connectivity index (χ0n) is 19.7. The van der Waals surface area contributed by atoms with E-state index in [4.69, 9.17) is 4.98 Å². The van der Waals surface area contributed by atoms with Gasteiger partial charge < -0.3 is 15.5 Å². The van der Waals surface area contributed by atoms with Gasteiger partial charge in [0.25, 0.3) is 0 Å². The van der Waals surface area contributed by atoms with Crippen molar-refractivity contribution in [3.63, 3.8) is 0 Å². The summed E-state index contributed by atoms with van der Waals surface area (Å²) in [5.74, 6) is 0.831. The highest BCUT2D eigenvalue weighted by Gasteiger charge is 2.14. The molecule has 4 aromatic rings. The molecule has 1 aromatic heterocycles. The van der Waals surface area contributed by atoms with Crippen molar-refractivity contribution >= 4 is 23.2 Å². The number of aromatic nitrogens is 1. The third kappa shape index (κ3) is 6.23. The zero-order valence-corrected chi connectivity index (χ0v) is 19.7. The molecule has 3 aromatic carbocycles. The van der Waals surface area contributed by atoms with Crippen molar-refractivity contribution in [2.24, 2.45) is 0 Å². The number of pyridine rings is 1. The smallest absolute Gasteiger partial charge is 0.323 e. The monoisotopic (exact) mass is 450 g/mol. The van der Waals surface area contributed by atoms with Crippen LogP contribution in [0.3, 0.4) is 0 Å². The van der Waals surface area contributed by atoms with Crippen LogP contribution in [-0.2, 0) is 6.54 Å². The largest absolute Gasteiger partial charge is 0.352 e. The first-order chi connectivity index (χ1) is 16.6. The molecule has 0 fully saturated rings. The van der Waals surface area contributed by atoms with Gasteiger partial charge >= 0.3 is 6.03 Å². The number of carbonyl (C=O) groups excluding carboxylic acids is 1. The number of hydrogen-bond donors (Lipinski definition) is 2. The van der Waals surface area contributed by atoms with Crippen LogP contribution in [0.5, 0.6) is 0 Å². The summed E-state index contributed by atoms with van der Waals surface area (Å²) in [5.41, 5.74) is 5.63. The van der Waals surface area contributed by atoms with Crippen LogP contribution in [0, 0.1) is 6.92 Å². The first kappa shape index (κ1) is 23.1. The molecule has 0 aliphatic heterocycles. The summed E-state index contributed by atoms with van der Waals surface area (Å²) >= 11 is 0. The zero-order chi connectivity index (χ0) is 23.8. The molecule has 0 radical (unpaired) electrons. The van der Waals surface area contributed by atoms with E-state index in [1.54, 1.807) is 0 Å². The molecule has 0 aliphatic carbocycles. The number of hydrogen-bond acceptors (Lipinski definition) is 3. The Balaban J connectivity index is 1.64. The number of carbonyl (C=O) groups is 1. The number of nitrogens with one attached hydrogen (secondary N) is 2. The Bertz CT molecular complexity index is 1210. The topological polar surface area (TPSA) is 57.3 Å². The Kier molecular flexibility index (Phi) is 7.56. The summed E-state index contributed by atoms with van der Waals surface area (Å²) in [4.78, 5) is 20.0. The van der Waals surface area contributed by atoms with Gasteiger partial charge in [-0.25, -0.2) is 9.78 Å². The van der Waals surface area contributed by atoms with Crippen molar-refractivity contribution in [1.29, 1.82) is 0 Å². The maximum atomic E-state index is 12.8. The molecule has 5 nitrogen and oxygen atoms in total. The molecule has 0 bridgehead atoms.